The molecule has 2 heterocycles. The van der Waals surface area contributed by atoms with E-state index in [-0.39, 0.29) is 0 Å². The van der Waals surface area contributed by atoms with E-state index < -0.39 is 0 Å². The van der Waals surface area contributed by atoms with Crippen molar-refractivity contribution in [3.05, 3.63) is 16.5 Å². The van der Waals surface area contributed by atoms with Crippen LogP contribution in [0.5, 0.6) is 0 Å². The van der Waals surface area contributed by atoms with E-state index in [9.17, 15) is 0 Å². The lowest BCUT2D eigenvalue weighted by Crippen LogP contribution is -2.40. The van der Waals surface area contributed by atoms with Crippen LogP contribution in [-0.2, 0) is 0 Å². The van der Waals surface area contributed by atoms with Gasteiger partial charge in [-0.05, 0) is 34.2 Å². The van der Waals surface area contributed by atoms with Crippen molar-refractivity contribution in [3.63, 3.8) is 0 Å². The zero-order valence-corrected chi connectivity index (χ0v) is 13.3. The minimum Gasteiger partial charge on any atom is -0.356 e. The van der Waals surface area contributed by atoms with Gasteiger partial charge in [-0.15, -0.1) is 0 Å². The molecular formula is C14H22BrN3. The highest BCUT2D eigenvalue weighted by Crippen LogP contribution is 2.31. The Kier molecular flexibility index (Phi) is 3.95. The first-order valence-electron chi connectivity index (χ1n) is 6.67. The molecule has 1 aliphatic rings. The maximum atomic E-state index is 4.71. The number of hydrogen-bond acceptors (Lipinski definition) is 3. The lowest BCUT2D eigenvalue weighted by molar-refractivity contribution is 0.292. The molecule has 0 N–H and O–H groups in total. The van der Waals surface area contributed by atoms with Gasteiger partial charge in [-0.1, -0.05) is 27.7 Å². The molecule has 4 heteroatoms. The highest BCUT2D eigenvalue weighted by atomic mass is 79.9. The molecule has 0 aromatic carbocycles. The van der Waals surface area contributed by atoms with Crippen LogP contribution < -0.4 is 4.90 Å². The number of halogens is 1. The van der Waals surface area contributed by atoms with Gasteiger partial charge < -0.3 is 4.90 Å². The Bertz CT molecular complexity index is 429. The van der Waals surface area contributed by atoms with Gasteiger partial charge in [-0.25, -0.2) is 9.97 Å². The van der Waals surface area contributed by atoms with Crippen molar-refractivity contribution in [3.8, 4) is 0 Å². The molecule has 0 bridgehead atoms. The topological polar surface area (TPSA) is 29.0 Å². The van der Waals surface area contributed by atoms with Crippen molar-refractivity contribution in [1.29, 1.82) is 0 Å². The normalized spacial score (nSPS) is 19.3. The highest BCUT2D eigenvalue weighted by molar-refractivity contribution is 9.10. The standard InChI is InChI=1S/C14H22BrN3/c1-10(2)13-16-11(15)8-12(17-13)18-7-5-6-14(3,4)9-18/h8,10H,5-7,9H2,1-4H3. The maximum Gasteiger partial charge on any atom is 0.134 e. The molecule has 1 aromatic rings. The average molecular weight is 312 g/mol. The van der Waals surface area contributed by atoms with Crippen LogP contribution in [0, 0.1) is 5.41 Å². The number of hydrogen-bond donors (Lipinski definition) is 0. The second-order valence-electron chi connectivity index (χ2n) is 6.25. The first-order chi connectivity index (χ1) is 8.37. The smallest absolute Gasteiger partial charge is 0.134 e. The van der Waals surface area contributed by atoms with Crippen molar-refractivity contribution in [2.45, 2.75) is 46.5 Å². The zero-order valence-electron chi connectivity index (χ0n) is 11.7. The van der Waals surface area contributed by atoms with E-state index in [2.05, 4.69) is 53.5 Å². The molecule has 0 amide bonds. The van der Waals surface area contributed by atoms with Crippen LogP contribution in [0.4, 0.5) is 5.82 Å². The summed E-state index contributed by atoms with van der Waals surface area (Å²) in [6.07, 6.45) is 2.54. The Balaban J connectivity index is 2.27. The van der Waals surface area contributed by atoms with Gasteiger partial charge in [-0.3, -0.25) is 0 Å². The van der Waals surface area contributed by atoms with E-state index >= 15 is 0 Å². The van der Waals surface area contributed by atoms with Crippen LogP contribution in [0.3, 0.4) is 0 Å². The van der Waals surface area contributed by atoms with Crippen LogP contribution in [0.15, 0.2) is 10.7 Å². The molecular weight excluding hydrogens is 290 g/mol. The first-order valence-corrected chi connectivity index (χ1v) is 7.46. The van der Waals surface area contributed by atoms with Gasteiger partial charge in [0.25, 0.3) is 0 Å². The Morgan fingerprint density at radius 2 is 2.06 bits per heavy atom. The molecule has 1 aliphatic heterocycles. The largest absolute Gasteiger partial charge is 0.356 e. The van der Waals surface area contributed by atoms with E-state index in [1.54, 1.807) is 0 Å². The number of rotatable bonds is 2. The number of nitrogens with zero attached hydrogens (tertiary/aromatic N) is 3. The molecule has 0 radical (unpaired) electrons. The third kappa shape index (κ3) is 3.22. The third-order valence-corrected chi connectivity index (χ3v) is 3.85. The van der Waals surface area contributed by atoms with E-state index in [4.69, 9.17) is 4.98 Å². The number of piperidine rings is 1. The fraction of sp³-hybridized carbons (Fsp3) is 0.714. The summed E-state index contributed by atoms with van der Waals surface area (Å²) in [5.74, 6) is 2.34. The predicted octanol–water partition coefficient (Wildman–Crippen LogP) is 3.99. The molecule has 0 aliphatic carbocycles. The first kappa shape index (κ1) is 13.8. The molecule has 2 rings (SSSR count). The summed E-state index contributed by atoms with van der Waals surface area (Å²) in [5, 5.41) is 0. The van der Waals surface area contributed by atoms with Crippen molar-refractivity contribution in [2.75, 3.05) is 18.0 Å². The summed E-state index contributed by atoms with van der Waals surface area (Å²) in [7, 11) is 0. The summed E-state index contributed by atoms with van der Waals surface area (Å²) < 4.78 is 0.888. The van der Waals surface area contributed by atoms with E-state index in [1.807, 2.05) is 6.07 Å². The third-order valence-electron chi connectivity index (χ3n) is 3.44. The molecule has 1 fully saturated rings. The predicted molar refractivity (Wildman–Crippen MR) is 79.0 cm³/mol. The van der Waals surface area contributed by atoms with Crippen molar-refractivity contribution < 1.29 is 0 Å². The molecule has 100 valence electrons. The Labute approximate surface area is 118 Å². The maximum absolute atomic E-state index is 4.71. The van der Waals surface area contributed by atoms with E-state index in [1.165, 1.54) is 12.8 Å². The quantitative estimate of drug-likeness (QED) is 0.773. The summed E-state index contributed by atoms with van der Waals surface area (Å²) >= 11 is 3.50. The molecule has 0 spiro atoms. The Hall–Kier alpha value is -0.640. The van der Waals surface area contributed by atoms with Crippen LogP contribution in [-0.4, -0.2) is 23.1 Å². The van der Waals surface area contributed by atoms with Crippen LogP contribution in [0.2, 0.25) is 0 Å². The Morgan fingerprint density at radius 1 is 1.33 bits per heavy atom. The lowest BCUT2D eigenvalue weighted by Gasteiger charge is -2.38. The molecule has 0 saturated carbocycles. The van der Waals surface area contributed by atoms with Gasteiger partial charge >= 0.3 is 0 Å². The highest BCUT2D eigenvalue weighted by Gasteiger charge is 2.27. The van der Waals surface area contributed by atoms with Crippen molar-refractivity contribution in [1.82, 2.24) is 9.97 Å². The summed E-state index contributed by atoms with van der Waals surface area (Å²) in [6, 6.07) is 2.04. The van der Waals surface area contributed by atoms with E-state index in [0.29, 0.717) is 11.3 Å². The Morgan fingerprint density at radius 3 is 2.67 bits per heavy atom. The second-order valence-corrected chi connectivity index (χ2v) is 7.06. The number of anilines is 1. The molecule has 18 heavy (non-hydrogen) atoms. The molecule has 3 nitrogen and oxygen atoms in total. The van der Waals surface area contributed by atoms with Gasteiger partial charge in [0.1, 0.15) is 16.2 Å². The van der Waals surface area contributed by atoms with Crippen molar-refractivity contribution >= 4 is 21.7 Å². The fourth-order valence-electron chi connectivity index (χ4n) is 2.46. The van der Waals surface area contributed by atoms with Crippen molar-refractivity contribution in [2.24, 2.45) is 5.41 Å². The van der Waals surface area contributed by atoms with Gasteiger partial charge in [0.05, 0.1) is 0 Å². The monoisotopic (exact) mass is 311 g/mol. The summed E-state index contributed by atoms with van der Waals surface area (Å²) in [6.45, 7) is 11.1. The minimum absolute atomic E-state index is 0.360. The zero-order chi connectivity index (χ0) is 13.3. The lowest BCUT2D eigenvalue weighted by atomic mass is 9.84. The fourth-order valence-corrected chi connectivity index (χ4v) is 2.85. The van der Waals surface area contributed by atoms with Gasteiger partial charge in [0, 0.05) is 25.1 Å². The van der Waals surface area contributed by atoms with E-state index in [0.717, 1.165) is 29.3 Å². The second kappa shape index (κ2) is 5.16. The molecule has 0 unspecified atom stereocenters. The summed E-state index contributed by atoms with van der Waals surface area (Å²) in [5.41, 5.74) is 0.383. The average Bonchev–Trinajstić information content (AvgIpc) is 2.26. The van der Waals surface area contributed by atoms with Gasteiger partial charge in [0.2, 0.25) is 0 Å². The molecule has 0 atom stereocenters. The van der Waals surface area contributed by atoms with Gasteiger partial charge in [0.15, 0.2) is 0 Å². The van der Waals surface area contributed by atoms with Crippen LogP contribution in [0.1, 0.15) is 52.3 Å². The number of aromatic nitrogens is 2. The molecule has 1 saturated heterocycles. The van der Waals surface area contributed by atoms with Crippen LogP contribution in [0.25, 0.3) is 0 Å². The van der Waals surface area contributed by atoms with Crippen LogP contribution >= 0.6 is 15.9 Å². The molecule has 1 aromatic heterocycles. The SMILES string of the molecule is CC(C)c1nc(Br)cc(N2CCCC(C)(C)C2)n1. The minimum atomic E-state index is 0.360. The summed E-state index contributed by atoms with van der Waals surface area (Å²) in [4.78, 5) is 11.5. The van der Waals surface area contributed by atoms with Gasteiger partial charge in [-0.2, -0.15) is 0 Å².